The maximum atomic E-state index is 12.4. The van der Waals surface area contributed by atoms with E-state index in [-0.39, 0.29) is 18.5 Å². The summed E-state index contributed by atoms with van der Waals surface area (Å²) in [6.07, 6.45) is 0. The molecule has 1 amide bonds. The SMILES string of the molecule is Cc1ccc2oc(SCc3ccc(C(=O)NCc4ccc5c(c4)OCO5)o3)nc2c1. The van der Waals surface area contributed by atoms with Gasteiger partial charge in [-0.15, -0.1) is 0 Å². The monoisotopic (exact) mass is 422 g/mol. The van der Waals surface area contributed by atoms with Crippen LogP contribution in [0, 0.1) is 6.92 Å². The molecule has 0 radical (unpaired) electrons. The number of aromatic nitrogens is 1. The van der Waals surface area contributed by atoms with Crippen molar-refractivity contribution in [1.29, 1.82) is 0 Å². The Kier molecular flexibility index (Phi) is 4.84. The Bertz CT molecular complexity index is 1230. The second-order valence-corrected chi connectivity index (χ2v) is 7.80. The highest BCUT2D eigenvalue weighted by Crippen LogP contribution is 2.32. The molecule has 0 fully saturated rings. The summed E-state index contributed by atoms with van der Waals surface area (Å²) in [6.45, 7) is 2.60. The summed E-state index contributed by atoms with van der Waals surface area (Å²) in [4.78, 5) is 16.9. The molecule has 5 rings (SSSR count). The number of rotatable bonds is 6. The number of fused-ring (bicyclic) bond motifs is 2. The van der Waals surface area contributed by atoms with Crippen molar-refractivity contribution in [3.8, 4) is 11.5 Å². The Labute approximate surface area is 176 Å². The zero-order valence-corrected chi connectivity index (χ0v) is 17.0. The van der Waals surface area contributed by atoms with Crippen LogP contribution in [0.25, 0.3) is 11.1 Å². The predicted molar refractivity (Wildman–Crippen MR) is 111 cm³/mol. The van der Waals surface area contributed by atoms with Gasteiger partial charge < -0.3 is 23.6 Å². The molecule has 0 bridgehead atoms. The number of carbonyl (C=O) groups is 1. The average Bonchev–Trinajstić information content (AvgIpc) is 3.48. The van der Waals surface area contributed by atoms with Crippen LogP contribution >= 0.6 is 11.8 Å². The second-order valence-electron chi connectivity index (χ2n) is 6.88. The lowest BCUT2D eigenvalue weighted by molar-refractivity contribution is 0.0921. The van der Waals surface area contributed by atoms with Crippen molar-refractivity contribution < 1.29 is 23.1 Å². The third-order valence-electron chi connectivity index (χ3n) is 4.64. The molecule has 1 aliphatic rings. The number of thioether (sulfide) groups is 1. The number of amides is 1. The van der Waals surface area contributed by atoms with Crippen molar-refractivity contribution in [2.45, 2.75) is 24.4 Å². The van der Waals surface area contributed by atoms with Crippen molar-refractivity contribution in [3.63, 3.8) is 0 Å². The van der Waals surface area contributed by atoms with Gasteiger partial charge in [0.1, 0.15) is 11.3 Å². The van der Waals surface area contributed by atoms with Crippen LogP contribution in [0.4, 0.5) is 0 Å². The number of ether oxygens (including phenoxy) is 2. The minimum atomic E-state index is -0.277. The van der Waals surface area contributed by atoms with E-state index in [2.05, 4.69) is 10.3 Å². The average molecular weight is 422 g/mol. The molecule has 30 heavy (non-hydrogen) atoms. The van der Waals surface area contributed by atoms with Crippen molar-refractivity contribution in [2.24, 2.45) is 0 Å². The molecule has 0 saturated carbocycles. The molecule has 2 aromatic heterocycles. The van der Waals surface area contributed by atoms with Gasteiger partial charge in [-0.3, -0.25) is 4.79 Å². The highest BCUT2D eigenvalue weighted by Gasteiger charge is 2.15. The lowest BCUT2D eigenvalue weighted by Gasteiger charge is -2.04. The molecule has 4 aromatic rings. The normalized spacial score (nSPS) is 12.4. The van der Waals surface area contributed by atoms with Crippen LogP contribution in [0.1, 0.15) is 27.4 Å². The first-order valence-electron chi connectivity index (χ1n) is 9.39. The van der Waals surface area contributed by atoms with Gasteiger partial charge in [0.25, 0.3) is 11.1 Å². The lowest BCUT2D eigenvalue weighted by Crippen LogP contribution is -2.22. The maximum absolute atomic E-state index is 12.4. The summed E-state index contributed by atoms with van der Waals surface area (Å²) in [5, 5.41) is 3.42. The summed E-state index contributed by atoms with van der Waals surface area (Å²) >= 11 is 1.42. The van der Waals surface area contributed by atoms with Crippen molar-refractivity contribution in [2.75, 3.05) is 6.79 Å². The Morgan fingerprint density at radius 2 is 1.97 bits per heavy atom. The molecule has 0 unspecified atom stereocenters. The summed E-state index contributed by atoms with van der Waals surface area (Å²) in [6, 6.07) is 14.9. The molecule has 152 valence electrons. The smallest absolute Gasteiger partial charge is 0.287 e. The molecule has 7 nitrogen and oxygen atoms in total. The third kappa shape index (κ3) is 3.86. The minimum Gasteiger partial charge on any atom is -0.455 e. The van der Waals surface area contributed by atoms with Gasteiger partial charge in [-0.1, -0.05) is 23.9 Å². The van der Waals surface area contributed by atoms with Crippen molar-refractivity contribution in [3.05, 3.63) is 71.2 Å². The van der Waals surface area contributed by atoms with E-state index < -0.39 is 0 Å². The number of aryl methyl sites for hydroxylation is 1. The Morgan fingerprint density at radius 3 is 2.90 bits per heavy atom. The number of nitrogens with zero attached hydrogens (tertiary/aromatic N) is 1. The molecule has 0 saturated heterocycles. The van der Waals surface area contributed by atoms with Gasteiger partial charge in [0.2, 0.25) is 6.79 Å². The van der Waals surface area contributed by atoms with E-state index in [1.807, 2.05) is 43.3 Å². The van der Waals surface area contributed by atoms with Crippen LogP contribution in [0.3, 0.4) is 0 Å². The zero-order chi connectivity index (χ0) is 20.5. The largest absolute Gasteiger partial charge is 0.455 e. The van der Waals surface area contributed by atoms with E-state index in [9.17, 15) is 4.79 Å². The summed E-state index contributed by atoms with van der Waals surface area (Å²) in [5.41, 5.74) is 3.64. The van der Waals surface area contributed by atoms with E-state index in [0.717, 1.165) is 22.2 Å². The predicted octanol–water partition coefficient (Wildman–Crippen LogP) is 4.68. The Balaban J connectivity index is 1.17. The van der Waals surface area contributed by atoms with Crippen LogP contribution in [0.2, 0.25) is 0 Å². The van der Waals surface area contributed by atoms with E-state index in [0.29, 0.717) is 34.8 Å². The fourth-order valence-electron chi connectivity index (χ4n) is 3.11. The van der Waals surface area contributed by atoms with Crippen molar-refractivity contribution in [1.82, 2.24) is 10.3 Å². The summed E-state index contributed by atoms with van der Waals surface area (Å²) in [7, 11) is 0. The van der Waals surface area contributed by atoms with Gasteiger partial charge in [-0.05, 0) is 54.4 Å². The van der Waals surface area contributed by atoms with Gasteiger partial charge in [0, 0.05) is 6.54 Å². The number of carbonyl (C=O) groups excluding carboxylic acids is 1. The molecule has 0 aliphatic carbocycles. The van der Waals surface area contributed by atoms with Gasteiger partial charge in [0.05, 0.1) is 5.75 Å². The molecular weight excluding hydrogens is 404 g/mol. The highest BCUT2D eigenvalue weighted by atomic mass is 32.2. The third-order valence-corrected chi connectivity index (χ3v) is 5.49. The van der Waals surface area contributed by atoms with Crippen LogP contribution < -0.4 is 14.8 Å². The Hall–Kier alpha value is -3.39. The molecule has 1 aliphatic heterocycles. The summed E-state index contributed by atoms with van der Waals surface area (Å²) < 4.78 is 22.1. The highest BCUT2D eigenvalue weighted by molar-refractivity contribution is 7.98. The van der Waals surface area contributed by atoms with Crippen LogP contribution in [0.15, 0.2) is 62.6 Å². The quantitative estimate of drug-likeness (QED) is 0.452. The van der Waals surface area contributed by atoms with Gasteiger partial charge in [-0.25, -0.2) is 4.98 Å². The molecule has 2 aromatic carbocycles. The topological polar surface area (TPSA) is 86.7 Å². The second kappa shape index (κ2) is 7.79. The van der Waals surface area contributed by atoms with E-state index >= 15 is 0 Å². The number of furan rings is 1. The van der Waals surface area contributed by atoms with Gasteiger partial charge >= 0.3 is 0 Å². The van der Waals surface area contributed by atoms with E-state index in [4.69, 9.17) is 18.3 Å². The van der Waals surface area contributed by atoms with Crippen LogP contribution in [-0.4, -0.2) is 17.7 Å². The first kappa shape index (κ1) is 18.6. The number of benzene rings is 2. The van der Waals surface area contributed by atoms with Gasteiger partial charge in [0.15, 0.2) is 22.8 Å². The van der Waals surface area contributed by atoms with E-state index in [1.165, 1.54) is 11.8 Å². The lowest BCUT2D eigenvalue weighted by atomic mass is 10.2. The number of hydrogen-bond acceptors (Lipinski definition) is 7. The summed E-state index contributed by atoms with van der Waals surface area (Å²) in [5.74, 6) is 2.58. The van der Waals surface area contributed by atoms with Crippen LogP contribution in [0.5, 0.6) is 11.5 Å². The molecule has 1 N–H and O–H groups in total. The van der Waals surface area contributed by atoms with Gasteiger partial charge in [-0.2, -0.15) is 0 Å². The molecule has 0 spiro atoms. The standard InChI is InChI=1S/C22H18N2O5S/c1-13-2-5-17-16(8-13)24-22(29-17)30-11-15-4-7-19(28-15)21(25)23-10-14-3-6-18-20(9-14)27-12-26-18/h2-9H,10-12H2,1H3,(H,23,25). The zero-order valence-electron chi connectivity index (χ0n) is 16.1. The molecule has 0 atom stereocenters. The molecule has 3 heterocycles. The van der Waals surface area contributed by atoms with E-state index in [1.54, 1.807) is 12.1 Å². The first-order chi connectivity index (χ1) is 14.6. The number of oxazole rings is 1. The molecular formula is C22H18N2O5S. The fraction of sp³-hybridized carbons (Fsp3) is 0.182. The first-order valence-corrected chi connectivity index (χ1v) is 10.4. The Morgan fingerprint density at radius 1 is 1.07 bits per heavy atom. The molecule has 8 heteroatoms. The van der Waals surface area contributed by atoms with Crippen LogP contribution in [-0.2, 0) is 12.3 Å². The fourth-order valence-corrected chi connectivity index (χ4v) is 3.84. The number of nitrogens with one attached hydrogen (secondary N) is 1. The number of hydrogen-bond donors (Lipinski definition) is 1. The van der Waals surface area contributed by atoms with Crippen molar-refractivity contribution >= 4 is 28.8 Å². The minimum absolute atomic E-state index is 0.224. The maximum Gasteiger partial charge on any atom is 0.287 e.